The van der Waals surface area contributed by atoms with Crippen LogP contribution in [-0.4, -0.2) is 30.9 Å². The third-order valence-corrected chi connectivity index (χ3v) is 3.59. The van der Waals surface area contributed by atoms with Crippen LogP contribution in [-0.2, 0) is 16.0 Å². The van der Waals surface area contributed by atoms with E-state index < -0.39 is 18.0 Å². The number of hydrazone groups is 1. The Hall–Kier alpha value is -3.41. The van der Waals surface area contributed by atoms with E-state index in [4.69, 9.17) is 4.74 Å². The molecule has 0 saturated carbocycles. The summed E-state index contributed by atoms with van der Waals surface area (Å²) in [5.74, 6) is -0.420. The van der Waals surface area contributed by atoms with Crippen molar-refractivity contribution in [2.24, 2.45) is 5.10 Å². The van der Waals surface area contributed by atoms with Crippen molar-refractivity contribution in [3.63, 3.8) is 0 Å². The standard InChI is InChI=1S/C21H23N3O3/c1-2-27-21(26)23-19(16-18-12-7-4-8-13-18)20(25)24-22-15-9-14-17-10-5-3-6-11-17/h3-15,19H,2,16H2,1H3,(H,23,26)(H,24,25)/b14-9+,22-15-/t19-/m1/s1. The molecule has 140 valence electrons. The highest BCUT2D eigenvalue weighted by atomic mass is 16.5. The first kappa shape index (κ1) is 19.9. The molecule has 6 heteroatoms. The molecule has 2 aromatic rings. The van der Waals surface area contributed by atoms with Crippen molar-refractivity contribution in [3.8, 4) is 0 Å². The molecule has 0 radical (unpaired) electrons. The lowest BCUT2D eigenvalue weighted by atomic mass is 10.1. The molecular formula is C21H23N3O3. The van der Waals surface area contributed by atoms with Gasteiger partial charge in [-0.2, -0.15) is 5.10 Å². The van der Waals surface area contributed by atoms with E-state index in [2.05, 4.69) is 15.8 Å². The summed E-state index contributed by atoms with van der Waals surface area (Å²) in [6.07, 6.45) is 4.77. The molecule has 0 bridgehead atoms. The molecule has 6 nitrogen and oxygen atoms in total. The van der Waals surface area contributed by atoms with Crippen LogP contribution in [0, 0.1) is 0 Å². The molecular weight excluding hydrogens is 342 g/mol. The van der Waals surface area contributed by atoms with Crippen molar-refractivity contribution in [3.05, 3.63) is 77.9 Å². The maximum absolute atomic E-state index is 12.4. The first-order valence-electron chi connectivity index (χ1n) is 8.71. The summed E-state index contributed by atoms with van der Waals surface area (Å²) in [6.45, 7) is 1.93. The molecule has 2 rings (SSSR count). The normalized spacial score (nSPS) is 12.0. The fraction of sp³-hybridized carbons (Fsp3) is 0.190. The van der Waals surface area contributed by atoms with Crippen molar-refractivity contribution in [2.45, 2.75) is 19.4 Å². The molecule has 2 aromatic carbocycles. The van der Waals surface area contributed by atoms with E-state index in [0.29, 0.717) is 6.42 Å². The van der Waals surface area contributed by atoms with Crippen LogP contribution in [0.2, 0.25) is 0 Å². The Kier molecular flexibility index (Phi) is 8.30. The molecule has 1 atom stereocenters. The van der Waals surface area contributed by atoms with Crippen LogP contribution in [0.25, 0.3) is 6.08 Å². The minimum atomic E-state index is -0.790. The maximum Gasteiger partial charge on any atom is 0.407 e. The molecule has 0 spiro atoms. The van der Waals surface area contributed by atoms with Gasteiger partial charge in [-0.25, -0.2) is 10.2 Å². The summed E-state index contributed by atoms with van der Waals surface area (Å²) in [5, 5.41) is 6.47. The first-order valence-corrected chi connectivity index (χ1v) is 8.71. The third kappa shape index (κ3) is 7.56. The van der Waals surface area contributed by atoms with E-state index in [-0.39, 0.29) is 6.61 Å². The van der Waals surface area contributed by atoms with Crippen LogP contribution >= 0.6 is 0 Å². The molecule has 0 heterocycles. The van der Waals surface area contributed by atoms with E-state index >= 15 is 0 Å². The first-order chi connectivity index (χ1) is 13.2. The third-order valence-electron chi connectivity index (χ3n) is 3.59. The largest absolute Gasteiger partial charge is 0.450 e. The number of hydrogen-bond donors (Lipinski definition) is 2. The Morgan fingerprint density at radius 1 is 1.07 bits per heavy atom. The van der Waals surface area contributed by atoms with Gasteiger partial charge in [0.1, 0.15) is 6.04 Å². The number of nitrogens with one attached hydrogen (secondary N) is 2. The quantitative estimate of drug-likeness (QED) is 0.557. The second-order valence-electron chi connectivity index (χ2n) is 5.63. The Balaban J connectivity index is 1.94. The number of alkyl carbamates (subject to hydrolysis) is 1. The lowest BCUT2D eigenvalue weighted by molar-refractivity contribution is -0.123. The predicted octanol–water partition coefficient (Wildman–Crippen LogP) is 3.16. The van der Waals surface area contributed by atoms with Gasteiger partial charge >= 0.3 is 6.09 Å². The Morgan fingerprint density at radius 3 is 2.41 bits per heavy atom. The predicted molar refractivity (Wildman–Crippen MR) is 106 cm³/mol. The van der Waals surface area contributed by atoms with E-state index in [1.165, 1.54) is 6.21 Å². The van der Waals surface area contributed by atoms with E-state index in [9.17, 15) is 9.59 Å². The van der Waals surface area contributed by atoms with Gasteiger partial charge in [-0.15, -0.1) is 0 Å². The summed E-state index contributed by atoms with van der Waals surface area (Å²) < 4.78 is 4.87. The monoisotopic (exact) mass is 365 g/mol. The summed E-state index contributed by atoms with van der Waals surface area (Å²) in [6, 6.07) is 18.4. The fourth-order valence-corrected chi connectivity index (χ4v) is 2.31. The number of benzene rings is 2. The van der Waals surface area contributed by atoms with Gasteiger partial charge in [-0.05, 0) is 24.1 Å². The zero-order valence-corrected chi connectivity index (χ0v) is 15.2. The highest BCUT2D eigenvalue weighted by molar-refractivity contribution is 5.87. The van der Waals surface area contributed by atoms with Crippen LogP contribution in [0.3, 0.4) is 0 Å². The van der Waals surface area contributed by atoms with Gasteiger partial charge in [0.2, 0.25) is 0 Å². The number of carbonyl (C=O) groups excluding carboxylic acids is 2. The second-order valence-corrected chi connectivity index (χ2v) is 5.63. The van der Waals surface area contributed by atoms with Crippen molar-refractivity contribution in [1.82, 2.24) is 10.7 Å². The van der Waals surface area contributed by atoms with Crippen molar-refractivity contribution in [1.29, 1.82) is 0 Å². The van der Waals surface area contributed by atoms with Crippen LogP contribution in [0.15, 0.2) is 71.8 Å². The average molecular weight is 365 g/mol. The number of carbonyl (C=O) groups is 2. The van der Waals surface area contributed by atoms with Crippen molar-refractivity contribution in [2.75, 3.05) is 6.61 Å². The molecule has 0 aliphatic carbocycles. The van der Waals surface area contributed by atoms with E-state index in [1.54, 1.807) is 13.0 Å². The fourth-order valence-electron chi connectivity index (χ4n) is 2.31. The lowest BCUT2D eigenvalue weighted by Crippen LogP contribution is -2.47. The molecule has 2 N–H and O–H groups in total. The minimum absolute atomic E-state index is 0.230. The smallest absolute Gasteiger partial charge is 0.407 e. The van der Waals surface area contributed by atoms with Gasteiger partial charge in [0.15, 0.2) is 0 Å². The number of allylic oxidation sites excluding steroid dienone is 1. The summed E-state index contributed by atoms with van der Waals surface area (Å²) >= 11 is 0. The Morgan fingerprint density at radius 2 is 1.74 bits per heavy atom. The molecule has 27 heavy (non-hydrogen) atoms. The SMILES string of the molecule is CCOC(=O)N[C@H](Cc1ccccc1)C(=O)N/N=C\C=C\c1ccccc1. The van der Waals surface area contributed by atoms with Crippen molar-refractivity contribution < 1.29 is 14.3 Å². The van der Waals surface area contributed by atoms with Crippen LogP contribution in [0.1, 0.15) is 18.1 Å². The number of rotatable bonds is 8. The second kappa shape index (κ2) is 11.3. The van der Waals surface area contributed by atoms with Crippen LogP contribution < -0.4 is 10.7 Å². The van der Waals surface area contributed by atoms with Crippen LogP contribution in [0.5, 0.6) is 0 Å². The zero-order valence-electron chi connectivity index (χ0n) is 15.2. The van der Waals surface area contributed by atoms with E-state index in [1.807, 2.05) is 66.7 Å². The summed E-state index contributed by atoms with van der Waals surface area (Å²) in [4.78, 5) is 24.1. The molecule has 0 aliphatic rings. The average Bonchev–Trinajstić information content (AvgIpc) is 2.69. The zero-order chi connectivity index (χ0) is 19.3. The molecule has 0 unspecified atom stereocenters. The van der Waals surface area contributed by atoms with Gasteiger partial charge < -0.3 is 10.1 Å². The minimum Gasteiger partial charge on any atom is -0.450 e. The molecule has 0 aromatic heterocycles. The maximum atomic E-state index is 12.4. The highest BCUT2D eigenvalue weighted by Crippen LogP contribution is 2.04. The number of ether oxygens (including phenoxy) is 1. The topological polar surface area (TPSA) is 79.8 Å². The number of nitrogens with zero attached hydrogens (tertiary/aromatic N) is 1. The lowest BCUT2D eigenvalue weighted by Gasteiger charge is -2.16. The van der Waals surface area contributed by atoms with Gasteiger partial charge in [-0.1, -0.05) is 66.7 Å². The van der Waals surface area contributed by atoms with Crippen molar-refractivity contribution >= 4 is 24.3 Å². The molecule has 2 amide bonds. The number of hydrogen-bond acceptors (Lipinski definition) is 4. The van der Waals surface area contributed by atoms with Gasteiger partial charge in [0, 0.05) is 12.6 Å². The molecule has 0 fully saturated rings. The summed E-state index contributed by atoms with van der Waals surface area (Å²) in [7, 11) is 0. The number of amides is 2. The Labute approximate surface area is 158 Å². The van der Waals surface area contributed by atoms with E-state index in [0.717, 1.165) is 11.1 Å². The molecule has 0 saturated heterocycles. The summed E-state index contributed by atoms with van der Waals surface area (Å²) in [5.41, 5.74) is 4.39. The highest BCUT2D eigenvalue weighted by Gasteiger charge is 2.21. The molecule has 0 aliphatic heterocycles. The van der Waals surface area contributed by atoms with Crippen LogP contribution in [0.4, 0.5) is 4.79 Å². The van der Waals surface area contributed by atoms with Gasteiger partial charge in [0.05, 0.1) is 6.61 Å². The Bertz CT molecular complexity index is 774. The van der Waals surface area contributed by atoms with Gasteiger partial charge in [-0.3, -0.25) is 4.79 Å². The van der Waals surface area contributed by atoms with Gasteiger partial charge in [0.25, 0.3) is 5.91 Å².